The molecular weight excluding hydrogens is 354 g/mol. The summed E-state index contributed by atoms with van der Waals surface area (Å²) in [6.45, 7) is 16.0. The average Bonchev–Trinajstić information content (AvgIpc) is 3.09. The first-order valence-electron chi connectivity index (χ1n) is 10.5. The van der Waals surface area contributed by atoms with E-state index in [1.54, 1.807) is 0 Å². The van der Waals surface area contributed by atoms with Crippen molar-refractivity contribution in [1.82, 2.24) is 4.98 Å². The molecule has 5 rings (SSSR count). The van der Waals surface area contributed by atoms with Crippen molar-refractivity contribution in [2.75, 3.05) is 9.80 Å². The highest BCUT2D eigenvalue weighted by molar-refractivity contribution is 6.03. The summed E-state index contributed by atoms with van der Waals surface area (Å²) in [6.07, 6.45) is 4.33. The van der Waals surface area contributed by atoms with Gasteiger partial charge in [0.15, 0.2) is 5.82 Å². The zero-order valence-corrected chi connectivity index (χ0v) is 18.0. The van der Waals surface area contributed by atoms with E-state index < -0.39 is 0 Å². The quantitative estimate of drug-likeness (QED) is 0.477. The molecule has 0 amide bonds. The van der Waals surface area contributed by atoms with Crippen LogP contribution < -0.4 is 9.80 Å². The van der Waals surface area contributed by atoms with Gasteiger partial charge in [-0.2, -0.15) is 0 Å². The standard InChI is InChI=1S/C26H29N3/c1-7-26(6)20-14-10-11-15-21(20)29-23-22(19-13-9-8-12-18(19)16-27-23)28(17(2)3)24(29)25(26,4)5/h7-17,24H,1H2,2-6H3. The molecule has 2 unspecified atom stereocenters. The number of fused-ring (bicyclic) bond motifs is 7. The van der Waals surface area contributed by atoms with Crippen molar-refractivity contribution in [3.8, 4) is 0 Å². The Morgan fingerprint density at radius 1 is 1.03 bits per heavy atom. The Kier molecular flexibility index (Phi) is 3.68. The number of pyridine rings is 1. The zero-order chi connectivity index (χ0) is 20.6. The Morgan fingerprint density at radius 3 is 2.45 bits per heavy atom. The minimum atomic E-state index is -0.157. The first-order chi connectivity index (χ1) is 13.8. The Labute approximate surface area is 173 Å². The van der Waals surface area contributed by atoms with Crippen LogP contribution in [0.5, 0.6) is 0 Å². The van der Waals surface area contributed by atoms with Crippen LogP contribution in [0.3, 0.4) is 0 Å². The summed E-state index contributed by atoms with van der Waals surface area (Å²) in [5, 5.41) is 2.46. The molecule has 0 N–H and O–H groups in total. The second-order valence-corrected chi connectivity index (χ2v) is 9.41. The first kappa shape index (κ1) is 18.2. The van der Waals surface area contributed by atoms with E-state index >= 15 is 0 Å². The lowest BCUT2D eigenvalue weighted by Crippen LogP contribution is -2.62. The Hall–Kier alpha value is -2.81. The van der Waals surface area contributed by atoms with E-state index in [1.165, 1.54) is 27.7 Å². The highest BCUT2D eigenvalue weighted by Gasteiger charge is 2.59. The number of allylic oxidation sites excluding steroid dienone is 1. The normalized spacial score (nSPS) is 24.4. The molecule has 2 aromatic carbocycles. The van der Waals surface area contributed by atoms with E-state index in [-0.39, 0.29) is 17.0 Å². The molecule has 2 aliphatic rings. The number of hydrogen-bond acceptors (Lipinski definition) is 3. The van der Waals surface area contributed by atoms with Crippen LogP contribution in [-0.2, 0) is 5.41 Å². The van der Waals surface area contributed by atoms with Gasteiger partial charge in [-0.15, -0.1) is 6.58 Å². The molecular formula is C26H29N3. The summed E-state index contributed by atoms with van der Waals surface area (Å²) in [5.74, 6) is 1.06. The molecule has 29 heavy (non-hydrogen) atoms. The molecule has 3 heterocycles. The molecule has 148 valence electrons. The molecule has 0 bridgehead atoms. The van der Waals surface area contributed by atoms with Crippen molar-refractivity contribution in [1.29, 1.82) is 0 Å². The Bertz CT molecular complexity index is 1130. The van der Waals surface area contributed by atoms with Gasteiger partial charge in [0.25, 0.3) is 0 Å². The summed E-state index contributed by atoms with van der Waals surface area (Å²) < 4.78 is 0. The van der Waals surface area contributed by atoms with E-state index in [1.807, 2.05) is 6.20 Å². The van der Waals surface area contributed by atoms with Gasteiger partial charge >= 0.3 is 0 Å². The van der Waals surface area contributed by atoms with Crippen LogP contribution in [0.25, 0.3) is 10.8 Å². The van der Waals surface area contributed by atoms with E-state index in [9.17, 15) is 0 Å². The van der Waals surface area contributed by atoms with Crippen LogP contribution in [-0.4, -0.2) is 17.2 Å². The maximum absolute atomic E-state index is 5.00. The predicted octanol–water partition coefficient (Wildman–Crippen LogP) is 6.41. The molecule has 3 aromatic rings. The van der Waals surface area contributed by atoms with Crippen molar-refractivity contribution in [3.05, 3.63) is 72.9 Å². The fraction of sp³-hybridized carbons (Fsp3) is 0.346. The third-order valence-corrected chi connectivity index (χ3v) is 7.42. The number of aromatic nitrogens is 1. The summed E-state index contributed by atoms with van der Waals surface area (Å²) in [5.41, 5.74) is 3.57. The first-order valence-corrected chi connectivity index (χ1v) is 10.5. The molecule has 2 atom stereocenters. The number of rotatable bonds is 2. The summed E-state index contributed by atoms with van der Waals surface area (Å²) in [6, 6.07) is 17.7. The molecule has 1 aromatic heterocycles. The lowest BCUT2D eigenvalue weighted by atomic mass is 9.58. The van der Waals surface area contributed by atoms with Gasteiger partial charge in [-0.1, -0.05) is 69.3 Å². The molecule has 3 heteroatoms. The number of benzene rings is 2. The summed E-state index contributed by atoms with van der Waals surface area (Å²) >= 11 is 0. The molecule has 0 saturated carbocycles. The molecule has 3 nitrogen and oxygen atoms in total. The minimum Gasteiger partial charge on any atom is -0.344 e. The maximum Gasteiger partial charge on any atom is 0.159 e. The number of hydrogen-bond donors (Lipinski definition) is 0. The van der Waals surface area contributed by atoms with Crippen molar-refractivity contribution < 1.29 is 0 Å². The van der Waals surface area contributed by atoms with E-state index in [0.29, 0.717) is 6.04 Å². The van der Waals surface area contributed by atoms with Crippen molar-refractivity contribution in [2.45, 2.75) is 52.2 Å². The van der Waals surface area contributed by atoms with E-state index in [4.69, 9.17) is 4.98 Å². The highest BCUT2D eigenvalue weighted by Crippen LogP contribution is 2.61. The average molecular weight is 384 g/mol. The number of nitrogens with zero attached hydrogens (tertiary/aromatic N) is 3. The van der Waals surface area contributed by atoms with Gasteiger partial charge in [0.05, 0.1) is 5.69 Å². The van der Waals surface area contributed by atoms with Crippen LogP contribution >= 0.6 is 0 Å². The van der Waals surface area contributed by atoms with Gasteiger partial charge < -0.3 is 9.80 Å². The molecule has 0 fully saturated rings. The van der Waals surface area contributed by atoms with Crippen molar-refractivity contribution in [3.63, 3.8) is 0 Å². The van der Waals surface area contributed by atoms with E-state index in [2.05, 4.69) is 106 Å². The van der Waals surface area contributed by atoms with E-state index in [0.717, 1.165) is 5.82 Å². The molecule has 2 aliphatic heterocycles. The van der Waals surface area contributed by atoms with Gasteiger partial charge in [0, 0.05) is 39.5 Å². The van der Waals surface area contributed by atoms with Gasteiger partial charge in [-0.3, -0.25) is 0 Å². The van der Waals surface area contributed by atoms with Crippen LogP contribution in [0.4, 0.5) is 17.2 Å². The lowest BCUT2D eigenvalue weighted by molar-refractivity contribution is 0.160. The van der Waals surface area contributed by atoms with Gasteiger partial charge in [-0.25, -0.2) is 4.98 Å². The Morgan fingerprint density at radius 2 is 1.72 bits per heavy atom. The van der Waals surface area contributed by atoms with Gasteiger partial charge in [-0.05, 0) is 25.5 Å². The summed E-state index contributed by atoms with van der Waals surface area (Å²) in [4.78, 5) is 10.1. The van der Waals surface area contributed by atoms with Crippen LogP contribution in [0.15, 0.2) is 67.4 Å². The molecule has 0 radical (unpaired) electrons. The lowest BCUT2D eigenvalue weighted by Gasteiger charge is -2.57. The van der Waals surface area contributed by atoms with Gasteiger partial charge in [0.1, 0.15) is 6.17 Å². The number of anilines is 3. The van der Waals surface area contributed by atoms with Crippen LogP contribution in [0, 0.1) is 5.41 Å². The third kappa shape index (κ3) is 2.11. The van der Waals surface area contributed by atoms with Crippen molar-refractivity contribution >= 4 is 28.0 Å². The predicted molar refractivity (Wildman–Crippen MR) is 123 cm³/mol. The minimum absolute atomic E-state index is 0.0881. The molecule has 0 aliphatic carbocycles. The highest BCUT2D eigenvalue weighted by atomic mass is 15.5. The maximum atomic E-state index is 5.00. The molecule has 0 saturated heterocycles. The SMILES string of the molecule is C=CC1(C)c2ccccc2N2c3ncc4ccccc4c3N(C(C)C)C2C1(C)C. The van der Waals surface area contributed by atoms with Crippen molar-refractivity contribution in [2.24, 2.45) is 5.41 Å². The fourth-order valence-corrected chi connectivity index (χ4v) is 5.50. The third-order valence-electron chi connectivity index (χ3n) is 7.42. The number of para-hydroxylation sites is 1. The summed E-state index contributed by atoms with van der Waals surface area (Å²) in [7, 11) is 0. The fourth-order valence-electron chi connectivity index (χ4n) is 5.50. The molecule has 0 spiro atoms. The van der Waals surface area contributed by atoms with Gasteiger partial charge in [0.2, 0.25) is 0 Å². The van der Waals surface area contributed by atoms with Crippen LogP contribution in [0.2, 0.25) is 0 Å². The largest absolute Gasteiger partial charge is 0.344 e. The topological polar surface area (TPSA) is 19.4 Å². The zero-order valence-electron chi connectivity index (χ0n) is 18.0. The smallest absolute Gasteiger partial charge is 0.159 e. The Balaban J connectivity index is 1.91. The monoisotopic (exact) mass is 383 g/mol. The van der Waals surface area contributed by atoms with Crippen LogP contribution in [0.1, 0.15) is 40.2 Å². The second kappa shape index (κ2) is 5.85. The second-order valence-electron chi connectivity index (χ2n) is 9.41.